The largest absolute Gasteiger partial charge is 0.481 e. The molecule has 2 amide bonds. The van der Waals surface area contributed by atoms with E-state index in [1.54, 1.807) is 0 Å². The van der Waals surface area contributed by atoms with Crippen molar-refractivity contribution in [3.05, 3.63) is 0 Å². The number of carboxylic acid groups (broad SMARTS) is 1. The Bertz CT molecular complexity index is 333. The van der Waals surface area contributed by atoms with Gasteiger partial charge in [0.2, 0.25) is 0 Å². The monoisotopic (exact) mass is 298 g/mol. The third kappa shape index (κ3) is 6.82. The van der Waals surface area contributed by atoms with Crippen molar-refractivity contribution in [1.29, 1.82) is 0 Å². The highest BCUT2D eigenvalue weighted by Crippen LogP contribution is 2.18. The number of nitrogens with zero attached hydrogens (tertiary/aromatic N) is 1. The Balaban J connectivity index is 2.28. The lowest BCUT2D eigenvalue weighted by molar-refractivity contribution is -0.137. The standard InChI is InChI=1S/C16H30N2O3/c1-3-6-14(8-9-15(19)20)10-11-17-16(21)18-12-5-4-7-13(18)2/h13-14H,3-12H2,1-2H3,(H,17,21)(H,19,20). The summed E-state index contributed by atoms with van der Waals surface area (Å²) in [5.74, 6) is -0.340. The molecule has 1 heterocycles. The van der Waals surface area contributed by atoms with Crippen LogP contribution in [0.4, 0.5) is 4.79 Å². The Morgan fingerprint density at radius 3 is 2.67 bits per heavy atom. The molecule has 0 aliphatic carbocycles. The summed E-state index contributed by atoms with van der Waals surface area (Å²) in [7, 11) is 0. The number of aliphatic carboxylic acids is 1. The highest BCUT2D eigenvalue weighted by atomic mass is 16.4. The molecule has 2 N–H and O–H groups in total. The molecule has 1 rings (SSSR count). The number of hydrogen-bond donors (Lipinski definition) is 2. The van der Waals surface area contributed by atoms with Gasteiger partial charge in [-0.2, -0.15) is 0 Å². The van der Waals surface area contributed by atoms with Gasteiger partial charge in [0.15, 0.2) is 0 Å². The van der Waals surface area contributed by atoms with E-state index in [2.05, 4.69) is 19.2 Å². The molecule has 5 nitrogen and oxygen atoms in total. The van der Waals surface area contributed by atoms with Gasteiger partial charge in [0.1, 0.15) is 0 Å². The summed E-state index contributed by atoms with van der Waals surface area (Å²) in [4.78, 5) is 24.7. The summed E-state index contributed by atoms with van der Waals surface area (Å²) in [6.07, 6.45) is 7.28. The van der Waals surface area contributed by atoms with Crippen molar-refractivity contribution < 1.29 is 14.7 Å². The Hall–Kier alpha value is -1.26. The van der Waals surface area contributed by atoms with E-state index in [0.717, 1.165) is 38.6 Å². The van der Waals surface area contributed by atoms with Crippen molar-refractivity contribution in [2.75, 3.05) is 13.1 Å². The molecule has 1 saturated heterocycles. The van der Waals surface area contributed by atoms with Crippen LogP contribution in [0.3, 0.4) is 0 Å². The van der Waals surface area contributed by atoms with E-state index < -0.39 is 5.97 Å². The van der Waals surface area contributed by atoms with E-state index in [0.29, 0.717) is 24.9 Å². The van der Waals surface area contributed by atoms with Gasteiger partial charge in [-0.25, -0.2) is 4.79 Å². The molecular weight excluding hydrogens is 268 g/mol. The second-order valence-electron chi connectivity index (χ2n) is 6.15. The molecule has 0 aromatic heterocycles. The Morgan fingerprint density at radius 2 is 2.05 bits per heavy atom. The summed E-state index contributed by atoms with van der Waals surface area (Å²) >= 11 is 0. The zero-order chi connectivity index (χ0) is 15.7. The number of amides is 2. The smallest absolute Gasteiger partial charge is 0.317 e. The maximum atomic E-state index is 12.1. The zero-order valence-corrected chi connectivity index (χ0v) is 13.4. The second kappa shape index (κ2) is 9.64. The third-order valence-corrected chi connectivity index (χ3v) is 4.36. The number of hydrogen-bond acceptors (Lipinski definition) is 2. The lowest BCUT2D eigenvalue weighted by Crippen LogP contribution is -2.47. The lowest BCUT2D eigenvalue weighted by atomic mass is 9.94. The average molecular weight is 298 g/mol. The highest BCUT2D eigenvalue weighted by molar-refractivity contribution is 5.74. The Kier molecular flexibility index (Phi) is 8.16. The van der Waals surface area contributed by atoms with Gasteiger partial charge in [-0.1, -0.05) is 19.8 Å². The number of likely N-dealkylation sites (tertiary alicyclic amines) is 1. The summed E-state index contributed by atoms with van der Waals surface area (Å²) in [6, 6.07) is 0.368. The topological polar surface area (TPSA) is 69.6 Å². The number of rotatable bonds is 8. The first-order valence-electron chi connectivity index (χ1n) is 8.30. The molecule has 1 aliphatic heterocycles. The van der Waals surface area contributed by atoms with Crippen LogP contribution in [0.2, 0.25) is 0 Å². The van der Waals surface area contributed by atoms with Crippen LogP contribution >= 0.6 is 0 Å². The fourth-order valence-electron chi connectivity index (χ4n) is 3.05. The van der Waals surface area contributed by atoms with Gasteiger partial charge in [-0.3, -0.25) is 4.79 Å². The van der Waals surface area contributed by atoms with Crippen molar-refractivity contribution >= 4 is 12.0 Å². The minimum atomic E-state index is -0.734. The number of carbonyl (C=O) groups excluding carboxylic acids is 1. The van der Waals surface area contributed by atoms with Gasteiger partial charge in [-0.15, -0.1) is 0 Å². The van der Waals surface area contributed by atoms with Crippen LogP contribution in [-0.4, -0.2) is 41.1 Å². The molecule has 0 aromatic rings. The molecule has 2 atom stereocenters. The number of carboxylic acids is 1. The van der Waals surface area contributed by atoms with E-state index in [9.17, 15) is 9.59 Å². The summed E-state index contributed by atoms with van der Waals surface area (Å²) < 4.78 is 0. The van der Waals surface area contributed by atoms with Crippen LogP contribution in [0.25, 0.3) is 0 Å². The SMILES string of the molecule is CCCC(CCNC(=O)N1CCCCC1C)CCC(=O)O. The molecule has 1 aliphatic rings. The summed E-state index contributed by atoms with van der Waals surface area (Å²) in [5, 5.41) is 11.8. The van der Waals surface area contributed by atoms with Crippen molar-refractivity contribution in [3.63, 3.8) is 0 Å². The average Bonchev–Trinajstić information content (AvgIpc) is 2.45. The predicted octanol–water partition coefficient (Wildman–Crippen LogP) is 3.24. The summed E-state index contributed by atoms with van der Waals surface area (Å²) in [6.45, 7) is 5.71. The first-order chi connectivity index (χ1) is 10.0. The quantitative estimate of drug-likeness (QED) is 0.722. The van der Waals surface area contributed by atoms with Gasteiger partial charge in [-0.05, 0) is 44.9 Å². The molecule has 21 heavy (non-hydrogen) atoms. The minimum absolute atomic E-state index is 0.0377. The van der Waals surface area contributed by atoms with Crippen molar-refractivity contribution in [2.45, 2.75) is 71.3 Å². The Morgan fingerprint density at radius 1 is 1.29 bits per heavy atom. The van der Waals surface area contributed by atoms with E-state index in [-0.39, 0.29) is 12.5 Å². The van der Waals surface area contributed by atoms with Gasteiger partial charge in [0.25, 0.3) is 0 Å². The molecule has 0 spiro atoms. The maximum Gasteiger partial charge on any atom is 0.317 e. The third-order valence-electron chi connectivity index (χ3n) is 4.36. The van der Waals surface area contributed by atoms with Crippen LogP contribution in [0.1, 0.15) is 65.2 Å². The maximum absolute atomic E-state index is 12.1. The Labute approximate surface area is 128 Å². The predicted molar refractivity (Wildman–Crippen MR) is 83.3 cm³/mol. The van der Waals surface area contributed by atoms with E-state index in [1.807, 2.05) is 4.90 Å². The highest BCUT2D eigenvalue weighted by Gasteiger charge is 2.22. The fraction of sp³-hybridized carbons (Fsp3) is 0.875. The lowest BCUT2D eigenvalue weighted by Gasteiger charge is -2.33. The van der Waals surface area contributed by atoms with Crippen molar-refractivity contribution in [3.8, 4) is 0 Å². The molecule has 0 radical (unpaired) electrons. The molecule has 0 saturated carbocycles. The van der Waals surface area contributed by atoms with Gasteiger partial charge in [0.05, 0.1) is 0 Å². The molecule has 1 fully saturated rings. The van der Waals surface area contributed by atoms with Crippen molar-refractivity contribution in [2.24, 2.45) is 5.92 Å². The molecule has 122 valence electrons. The number of urea groups is 1. The van der Waals surface area contributed by atoms with Crippen LogP contribution in [0.5, 0.6) is 0 Å². The molecule has 5 heteroatoms. The molecular formula is C16H30N2O3. The first kappa shape index (κ1) is 17.8. The second-order valence-corrected chi connectivity index (χ2v) is 6.15. The zero-order valence-electron chi connectivity index (χ0n) is 13.4. The first-order valence-corrected chi connectivity index (χ1v) is 8.30. The van der Waals surface area contributed by atoms with Crippen molar-refractivity contribution in [1.82, 2.24) is 10.2 Å². The normalized spacial score (nSPS) is 20.1. The van der Waals surface area contributed by atoms with E-state index in [1.165, 1.54) is 6.42 Å². The van der Waals surface area contributed by atoms with Crippen LogP contribution < -0.4 is 5.32 Å². The molecule has 0 aromatic carbocycles. The van der Waals surface area contributed by atoms with Gasteiger partial charge >= 0.3 is 12.0 Å². The van der Waals surface area contributed by atoms with Crippen LogP contribution in [0.15, 0.2) is 0 Å². The van der Waals surface area contributed by atoms with Gasteiger partial charge in [0, 0.05) is 25.6 Å². The van der Waals surface area contributed by atoms with Gasteiger partial charge < -0.3 is 15.3 Å². The molecule has 0 bridgehead atoms. The minimum Gasteiger partial charge on any atom is -0.481 e. The summed E-state index contributed by atoms with van der Waals surface area (Å²) in [5.41, 5.74) is 0. The van der Waals surface area contributed by atoms with E-state index in [4.69, 9.17) is 5.11 Å². The fourth-order valence-corrected chi connectivity index (χ4v) is 3.05. The van der Waals surface area contributed by atoms with Crippen LogP contribution in [-0.2, 0) is 4.79 Å². The van der Waals surface area contributed by atoms with E-state index >= 15 is 0 Å². The number of carbonyl (C=O) groups is 2. The number of piperidine rings is 1. The number of nitrogens with one attached hydrogen (secondary N) is 1. The van der Waals surface area contributed by atoms with Crippen LogP contribution in [0, 0.1) is 5.92 Å². The molecule has 2 unspecified atom stereocenters.